The number of hydrogen-bond donors (Lipinski definition) is 1. The van der Waals surface area contributed by atoms with E-state index >= 15 is 0 Å². The van der Waals surface area contributed by atoms with Crippen LogP contribution in [0.25, 0.3) is 0 Å². The maximum absolute atomic E-state index is 13.4. The molecular formula is C12H14FNO3. The molecule has 0 aliphatic carbocycles. The molecule has 0 saturated carbocycles. The molecule has 2 rings (SSSR count). The number of halogens is 1. The number of hydrogen-bond acceptors (Lipinski definition) is 3. The maximum Gasteiger partial charge on any atom is 0.224 e. The van der Waals surface area contributed by atoms with E-state index in [-0.39, 0.29) is 24.1 Å². The van der Waals surface area contributed by atoms with Gasteiger partial charge in [-0.2, -0.15) is 0 Å². The van der Waals surface area contributed by atoms with E-state index in [1.165, 1.54) is 19.2 Å². The van der Waals surface area contributed by atoms with Gasteiger partial charge in [0.15, 0.2) is 11.6 Å². The molecule has 4 nitrogen and oxygen atoms in total. The van der Waals surface area contributed by atoms with Gasteiger partial charge in [0.25, 0.3) is 0 Å². The van der Waals surface area contributed by atoms with Crippen LogP contribution in [0.15, 0.2) is 18.2 Å². The summed E-state index contributed by atoms with van der Waals surface area (Å²) in [5, 5.41) is 2.80. The van der Waals surface area contributed by atoms with Crippen LogP contribution in [0.4, 0.5) is 4.39 Å². The van der Waals surface area contributed by atoms with Crippen LogP contribution in [0.3, 0.4) is 0 Å². The molecule has 1 heterocycles. The Hall–Kier alpha value is -1.62. The quantitative estimate of drug-likeness (QED) is 0.849. The molecule has 1 saturated heterocycles. The van der Waals surface area contributed by atoms with Crippen molar-refractivity contribution in [2.45, 2.75) is 12.5 Å². The van der Waals surface area contributed by atoms with E-state index in [9.17, 15) is 9.18 Å². The predicted octanol–water partition coefficient (Wildman–Crippen LogP) is 0.892. The lowest BCUT2D eigenvalue weighted by Gasteiger charge is -2.26. The van der Waals surface area contributed by atoms with E-state index in [0.29, 0.717) is 18.8 Å². The minimum atomic E-state index is -0.454. The highest BCUT2D eigenvalue weighted by Gasteiger charge is 2.20. The van der Waals surface area contributed by atoms with Crippen molar-refractivity contribution in [1.82, 2.24) is 5.32 Å². The topological polar surface area (TPSA) is 47.6 Å². The van der Waals surface area contributed by atoms with Gasteiger partial charge in [-0.25, -0.2) is 4.39 Å². The molecule has 0 atom stereocenters. The fourth-order valence-corrected chi connectivity index (χ4v) is 1.60. The second-order valence-corrected chi connectivity index (χ2v) is 3.95. The van der Waals surface area contributed by atoms with Crippen molar-refractivity contribution in [3.63, 3.8) is 0 Å². The van der Waals surface area contributed by atoms with Gasteiger partial charge in [0.2, 0.25) is 5.91 Å². The number of amides is 1. The summed E-state index contributed by atoms with van der Waals surface area (Å²) in [6, 6.07) is 4.62. The van der Waals surface area contributed by atoms with Crippen molar-refractivity contribution in [1.29, 1.82) is 0 Å². The zero-order valence-electron chi connectivity index (χ0n) is 9.53. The van der Waals surface area contributed by atoms with Gasteiger partial charge >= 0.3 is 0 Å². The molecule has 1 fully saturated rings. The largest absolute Gasteiger partial charge is 0.494 e. The standard InChI is InChI=1S/C12H14FNO3/c1-16-11-3-2-8(4-10(11)13)5-12(15)14-9-6-17-7-9/h2-4,9H,5-7H2,1H3,(H,14,15). The van der Waals surface area contributed by atoms with Crippen LogP contribution in [0.5, 0.6) is 5.75 Å². The first kappa shape index (κ1) is 11.9. The smallest absolute Gasteiger partial charge is 0.224 e. The molecule has 0 aromatic heterocycles. The Morgan fingerprint density at radius 3 is 2.88 bits per heavy atom. The summed E-state index contributed by atoms with van der Waals surface area (Å²) < 4.78 is 23.1. The summed E-state index contributed by atoms with van der Waals surface area (Å²) in [6.45, 7) is 1.12. The zero-order chi connectivity index (χ0) is 12.3. The van der Waals surface area contributed by atoms with Crippen LogP contribution >= 0.6 is 0 Å². The predicted molar refractivity (Wildman–Crippen MR) is 59.4 cm³/mol. The minimum Gasteiger partial charge on any atom is -0.494 e. The molecule has 0 radical (unpaired) electrons. The number of methoxy groups -OCH3 is 1. The molecule has 1 aromatic rings. The second kappa shape index (κ2) is 5.14. The molecule has 1 amide bonds. The average Bonchev–Trinajstić information content (AvgIpc) is 2.24. The van der Waals surface area contributed by atoms with Gasteiger partial charge in [-0.3, -0.25) is 4.79 Å². The van der Waals surface area contributed by atoms with Gasteiger partial charge in [0, 0.05) is 0 Å². The highest BCUT2D eigenvalue weighted by molar-refractivity contribution is 5.79. The Labute approximate surface area is 98.7 Å². The van der Waals surface area contributed by atoms with Crippen molar-refractivity contribution < 1.29 is 18.7 Å². The first-order chi connectivity index (χ1) is 8.19. The Balaban J connectivity index is 1.93. The lowest BCUT2D eigenvalue weighted by atomic mass is 10.1. The van der Waals surface area contributed by atoms with E-state index < -0.39 is 5.82 Å². The van der Waals surface area contributed by atoms with Crippen LogP contribution in [-0.2, 0) is 16.0 Å². The number of ether oxygens (including phenoxy) is 2. The van der Waals surface area contributed by atoms with Gasteiger partial charge in [-0.1, -0.05) is 6.07 Å². The fraction of sp³-hybridized carbons (Fsp3) is 0.417. The molecule has 1 aliphatic rings. The third kappa shape index (κ3) is 2.94. The molecule has 1 aliphatic heterocycles. The number of benzene rings is 1. The van der Waals surface area contributed by atoms with Crippen molar-refractivity contribution in [3.8, 4) is 5.75 Å². The summed E-state index contributed by atoms with van der Waals surface area (Å²) in [7, 11) is 1.40. The number of carbonyl (C=O) groups is 1. The van der Waals surface area contributed by atoms with Gasteiger partial charge in [-0.05, 0) is 17.7 Å². The monoisotopic (exact) mass is 239 g/mol. The minimum absolute atomic E-state index is 0.102. The third-order valence-corrected chi connectivity index (χ3v) is 2.58. The van der Waals surface area contributed by atoms with Gasteiger partial charge in [0.1, 0.15) is 0 Å². The summed E-state index contributed by atoms with van der Waals surface area (Å²) in [5.74, 6) is -0.394. The molecule has 0 unspecified atom stereocenters. The van der Waals surface area contributed by atoms with Crippen molar-refractivity contribution >= 4 is 5.91 Å². The van der Waals surface area contributed by atoms with Crippen molar-refractivity contribution in [2.75, 3.05) is 20.3 Å². The van der Waals surface area contributed by atoms with Crippen LogP contribution in [0.2, 0.25) is 0 Å². The Bertz CT molecular complexity index is 418. The van der Waals surface area contributed by atoms with Crippen LogP contribution in [0, 0.1) is 5.82 Å². The molecule has 1 N–H and O–H groups in total. The second-order valence-electron chi connectivity index (χ2n) is 3.95. The van der Waals surface area contributed by atoms with E-state index in [0.717, 1.165) is 0 Å². The SMILES string of the molecule is COc1ccc(CC(=O)NC2COC2)cc1F. The molecular weight excluding hydrogens is 225 g/mol. The van der Waals surface area contributed by atoms with Crippen LogP contribution in [-0.4, -0.2) is 32.3 Å². The van der Waals surface area contributed by atoms with E-state index in [4.69, 9.17) is 9.47 Å². The lowest BCUT2D eigenvalue weighted by Crippen LogP contribution is -2.49. The Kier molecular flexibility index (Phi) is 3.58. The van der Waals surface area contributed by atoms with Gasteiger partial charge in [-0.15, -0.1) is 0 Å². The molecule has 1 aromatic carbocycles. The molecule has 92 valence electrons. The third-order valence-electron chi connectivity index (χ3n) is 2.58. The van der Waals surface area contributed by atoms with E-state index in [2.05, 4.69) is 5.32 Å². The number of nitrogens with one attached hydrogen (secondary N) is 1. The van der Waals surface area contributed by atoms with Crippen molar-refractivity contribution in [2.24, 2.45) is 0 Å². The molecule has 0 bridgehead atoms. The summed E-state index contributed by atoms with van der Waals surface area (Å²) in [4.78, 5) is 11.6. The summed E-state index contributed by atoms with van der Waals surface area (Å²) >= 11 is 0. The lowest BCUT2D eigenvalue weighted by molar-refractivity contribution is -0.124. The highest BCUT2D eigenvalue weighted by Crippen LogP contribution is 2.17. The summed E-state index contributed by atoms with van der Waals surface area (Å²) in [6.07, 6.45) is 0.164. The Morgan fingerprint density at radius 1 is 1.59 bits per heavy atom. The highest BCUT2D eigenvalue weighted by atomic mass is 19.1. The van der Waals surface area contributed by atoms with E-state index in [1.807, 2.05) is 0 Å². The van der Waals surface area contributed by atoms with Gasteiger partial charge < -0.3 is 14.8 Å². The molecule has 5 heteroatoms. The zero-order valence-corrected chi connectivity index (χ0v) is 9.53. The first-order valence-electron chi connectivity index (χ1n) is 5.38. The normalized spacial score (nSPS) is 15.2. The first-order valence-corrected chi connectivity index (χ1v) is 5.38. The number of carbonyl (C=O) groups excluding carboxylic acids is 1. The van der Waals surface area contributed by atoms with Crippen LogP contribution in [0.1, 0.15) is 5.56 Å². The molecule has 0 spiro atoms. The van der Waals surface area contributed by atoms with Crippen molar-refractivity contribution in [3.05, 3.63) is 29.6 Å². The average molecular weight is 239 g/mol. The summed E-state index contributed by atoms with van der Waals surface area (Å²) in [5.41, 5.74) is 0.626. The van der Waals surface area contributed by atoms with Gasteiger partial charge in [0.05, 0.1) is 32.8 Å². The van der Waals surface area contributed by atoms with E-state index in [1.54, 1.807) is 6.07 Å². The number of rotatable bonds is 4. The fourth-order valence-electron chi connectivity index (χ4n) is 1.60. The maximum atomic E-state index is 13.4. The Morgan fingerprint density at radius 2 is 2.35 bits per heavy atom. The van der Waals surface area contributed by atoms with Crippen LogP contribution < -0.4 is 10.1 Å². The molecule has 17 heavy (non-hydrogen) atoms.